The van der Waals surface area contributed by atoms with Crippen LogP contribution in [0.4, 0.5) is 0 Å². The van der Waals surface area contributed by atoms with Crippen molar-refractivity contribution in [3.05, 3.63) is 11.6 Å². The molecule has 1 rings (SSSR count). The zero-order chi connectivity index (χ0) is 11.9. The summed E-state index contributed by atoms with van der Waals surface area (Å²) in [5, 5.41) is 1.41. The third-order valence-corrected chi connectivity index (χ3v) is 5.44. The van der Waals surface area contributed by atoms with Crippen LogP contribution in [0.25, 0.3) is 0 Å². The standard InChI is InChI=1S/C13H24NS/c1-8-10(2)12(4)9-13(12,5)14(6)11(3)15-7/h8H,9H2,1-7H3/q+1/b10-8+,14-11?. The molecule has 1 nitrogen and oxygen atoms in total. The highest BCUT2D eigenvalue weighted by atomic mass is 32.2. The smallest absolute Gasteiger partial charge is 0.207 e. The summed E-state index contributed by atoms with van der Waals surface area (Å²) in [6.45, 7) is 11.4. The van der Waals surface area contributed by atoms with Gasteiger partial charge in [-0.2, -0.15) is 0 Å². The van der Waals surface area contributed by atoms with Gasteiger partial charge < -0.3 is 0 Å². The lowest BCUT2D eigenvalue weighted by molar-refractivity contribution is -0.554. The van der Waals surface area contributed by atoms with Crippen molar-refractivity contribution in [1.82, 2.24) is 0 Å². The van der Waals surface area contributed by atoms with Gasteiger partial charge in [0.05, 0.1) is 5.41 Å². The predicted octanol–water partition coefficient (Wildman–Crippen LogP) is 3.55. The normalized spacial score (nSPS) is 37.7. The monoisotopic (exact) mass is 226 g/mol. The summed E-state index contributed by atoms with van der Waals surface area (Å²) in [5.74, 6) is 0. The van der Waals surface area contributed by atoms with Crippen LogP contribution in [0.2, 0.25) is 0 Å². The molecule has 15 heavy (non-hydrogen) atoms. The number of rotatable bonds is 2. The first-order valence-corrected chi connectivity index (χ1v) is 6.80. The van der Waals surface area contributed by atoms with Crippen LogP contribution in [0.3, 0.4) is 0 Å². The highest BCUT2D eigenvalue weighted by Crippen LogP contribution is 2.62. The Morgan fingerprint density at radius 3 is 2.27 bits per heavy atom. The molecule has 2 unspecified atom stereocenters. The number of allylic oxidation sites excluding steroid dienone is 1. The Hall–Kier alpha value is -0.240. The Bertz CT molecular complexity index is 329. The van der Waals surface area contributed by atoms with E-state index < -0.39 is 0 Å². The molecule has 0 heterocycles. The van der Waals surface area contributed by atoms with E-state index in [1.54, 1.807) is 0 Å². The minimum atomic E-state index is 0.316. The van der Waals surface area contributed by atoms with Crippen molar-refractivity contribution in [3.8, 4) is 0 Å². The summed E-state index contributed by atoms with van der Waals surface area (Å²) >= 11 is 1.84. The van der Waals surface area contributed by atoms with Crippen molar-refractivity contribution in [2.24, 2.45) is 5.41 Å². The molecule has 86 valence electrons. The van der Waals surface area contributed by atoms with Crippen LogP contribution in [0.1, 0.15) is 41.0 Å². The van der Waals surface area contributed by atoms with Gasteiger partial charge in [0, 0.05) is 20.3 Å². The molecule has 0 aromatic rings. The van der Waals surface area contributed by atoms with Gasteiger partial charge in [0.2, 0.25) is 5.04 Å². The molecule has 0 spiro atoms. The first kappa shape index (κ1) is 12.8. The summed E-state index contributed by atoms with van der Waals surface area (Å²) < 4.78 is 2.45. The second-order valence-electron chi connectivity index (χ2n) is 5.04. The largest absolute Gasteiger partial charge is 0.225 e. The van der Waals surface area contributed by atoms with Crippen molar-refractivity contribution < 1.29 is 4.58 Å². The van der Waals surface area contributed by atoms with Gasteiger partial charge in [-0.3, -0.25) is 0 Å². The van der Waals surface area contributed by atoms with E-state index in [1.807, 2.05) is 11.8 Å². The van der Waals surface area contributed by atoms with Gasteiger partial charge in [-0.15, -0.1) is 0 Å². The van der Waals surface area contributed by atoms with Gasteiger partial charge in [-0.1, -0.05) is 23.4 Å². The fourth-order valence-electron chi connectivity index (χ4n) is 2.50. The molecule has 0 aromatic heterocycles. The van der Waals surface area contributed by atoms with Crippen LogP contribution < -0.4 is 0 Å². The lowest BCUT2D eigenvalue weighted by Gasteiger charge is -2.17. The van der Waals surface area contributed by atoms with E-state index in [9.17, 15) is 0 Å². The molecule has 1 aliphatic carbocycles. The topological polar surface area (TPSA) is 3.01 Å². The minimum absolute atomic E-state index is 0.316. The molecule has 0 amide bonds. The number of hydrogen-bond donors (Lipinski definition) is 0. The molecule has 0 bridgehead atoms. The van der Waals surface area contributed by atoms with E-state index >= 15 is 0 Å². The van der Waals surface area contributed by atoms with Crippen LogP contribution >= 0.6 is 11.8 Å². The van der Waals surface area contributed by atoms with Crippen LogP contribution in [-0.2, 0) is 0 Å². The summed E-state index contributed by atoms with van der Waals surface area (Å²) in [5.41, 5.74) is 2.20. The Morgan fingerprint density at radius 1 is 1.33 bits per heavy atom. The van der Waals surface area contributed by atoms with Crippen LogP contribution in [0.15, 0.2) is 11.6 Å². The van der Waals surface area contributed by atoms with Gasteiger partial charge in [0.15, 0.2) is 5.54 Å². The van der Waals surface area contributed by atoms with Gasteiger partial charge in [-0.05, 0) is 27.0 Å². The second-order valence-corrected chi connectivity index (χ2v) is 6.04. The van der Waals surface area contributed by atoms with Gasteiger partial charge in [0.25, 0.3) is 0 Å². The minimum Gasteiger partial charge on any atom is -0.225 e. The number of thioether (sulfide) groups is 1. The summed E-state index contributed by atoms with van der Waals surface area (Å²) in [6, 6.07) is 0. The van der Waals surface area contributed by atoms with E-state index in [4.69, 9.17) is 0 Å². The first-order chi connectivity index (χ1) is 6.83. The number of hydrogen-bond acceptors (Lipinski definition) is 1. The maximum Gasteiger partial charge on any atom is 0.207 e. The molecular weight excluding hydrogens is 202 g/mol. The SMILES string of the molecule is C/C=C(\C)C1(C)CC1(C)[N+](C)=C(C)SC. The van der Waals surface area contributed by atoms with E-state index in [2.05, 4.69) is 58.6 Å². The molecule has 0 aromatic carbocycles. The Morgan fingerprint density at radius 2 is 1.87 bits per heavy atom. The van der Waals surface area contributed by atoms with Crippen LogP contribution in [0.5, 0.6) is 0 Å². The molecule has 0 radical (unpaired) electrons. The lowest BCUT2D eigenvalue weighted by Crippen LogP contribution is -2.31. The third kappa shape index (κ3) is 1.77. The van der Waals surface area contributed by atoms with E-state index in [1.165, 1.54) is 17.0 Å². The average molecular weight is 226 g/mol. The highest BCUT2D eigenvalue weighted by molar-refractivity contribution is 8.13. The van der Waals surface area contributed by atoms with E-state index in [-0.39, 0.29) is 0 Å². The summed E-state index contributed by atoms with van der Waals surface area (Å²) in [7, 11) is 2.22. The second kappa shape index (κ2) is 3.97. The molecule has 1 aliphatic rings. The fraction of sp³-hybridized carbons (Fsp3) is 0.769. The van der Waals surface area contributed by atoms with Crippen molar-refractivity contribution in [2.75, 3.05) is 13.3 Å². The van der Waals surface area contributed by atoms with Crippen LogP contribution in [0, 0.1) is 5.41 Å². The number of nitrogens with zero attached hydrogens (tertiary/aromatic N) is 1. The molecule has 1 fully saturated rings. The zero-order valence-electron chi connectivity index (χ0n) is 11.1. The molecule has 2 heteroatoms. The third-order valence-electron chi connectivity index (χ3n) is 4.57. The van der Waals surface area contributed by atoms with Gasteiger partial charge in [-0.25, -0.2) is 4.58 Å². The van der Waals surface area contributed by atoms with Crippen molar-refractivity contribution >= 4 is 16.8 Å². The van der Waals surface area contributed by atoms with E-state index in [0.29, 0.717) is 11.0 Å². The molecule has 1 saturated carbocycles. The Balaban J connectivity index is 3.02. The highest BCUT2D eigenvalue weighted by Gasteiger charge is 2.69. The maximum atomic E-state index is 2.45. The zero-order valence-corrected chi connectivity index (χ0v) is 12.0. The van der Waals surface area contributed by atoms with Gasteiger partial charge in [0.1, 0.15) is 7.05 Å². The molecule has 2 atom stereocenters. The average Bonchev–Trinajstić information content (AvgIpc) is 2.81. The van der Waals surface area contributed by atoms with Crippen LogP contribution in [-0.4, -0.2) is 28.5 Å². The summed E-state index contributed by atoms with van der Waals surface area (Å²) in [4.78, 5) is 0. The summed E-state index contributed by atoms with van der Waals surface area (Å²) in [6.07, 6.45) is 5.68. The fourth-order valence-corrected chi connectivity index (χ4v) is 2.98. The molecule has 0 aliphatic heterocycles. The molecule has 0 N–H and O–H groups in total. The van der Waals surface area contributed by atoms with Crippen molar-refractivity contribution in [3.63, 3.8) is 0 Å². The van der Waals surface area contributed by atoms with E-state index in [0.717, 1.165) is 0 Å². The molecular formula is C13H24NS+. The first-order valence-electron chi connectivity index (χ1n) is 5.58. The lowest BCUT2D eigenvalue weighted by atomic mass is 9.94. The Kier molecular flexibility index (Phi) is 3.39. The predicted molar refractivity (Wildman–Crippen MR) is 70.9 cm³/mol. The molecule has 0 saturated heterocycles. The van der Waals surface area contributed by atoms with Crippen molar-refractivity contribution in [2.45, 2.75) is 46.6 Å². The maximum absolute atomic E-state index is 2.45. The van der Waals surface area contributed by atoms with Crippen molar-refractivity contribution in [1.29, 1.82) is 0 Å². The Labute approximate surface area is 98.7 Å². The van der Waals surface area contributed by atoms with Gasteiger partial charge >= 0.3 is 0 Å². The quantitative estimate of drug-likeness (QED) is 0.301.